The Labute approximate surface area is 145 Å². The van der Waals surface area contributed by atoms with E-state index in [4.69, 9.17) is 9.15 Å². The van der Waals surface area contributed by atoms with Crippen molar-refractivity contribution in [1.29, 1.82) is 0 Å². The number of ether oxygens (including phenoxy) is 1. The lowest BCUT2D eigenvalue weighted by molar-refractivity contribution is -0.115. The van der Waals surface area contributed by atoms with Crippen molar-refractivity contribution in [2.45, 2.75) is 20.3 Å². The van der Waals surface area contributed by atoms with E-state index in [0.29, 0.717) is 17.9 Å². The average molecular weight is 337 g/mol. The van der Waals surface area contributed by atoms with Crippen LogP contribution in [-0.2, 0) is 16.0 Å². The van der Waals surface area contributed by atoms with Crippen molar-refractivity contribution in [2.24, 2.45) is 0 Å². The Hall–Kier alpha value is -3.08. The van der Waals surface area contributed by atoms with Crippen molar-refractivity contribution in [1.82, 2.24) is 0 Å². The molecule has 0 fully saturated rings. The van der Waals surface area contributed by atoms with Gasteiger partial charge in [-0.15, -0.1) is 0 Å². The van der Waals surface area contributed by atoms with Gasteiger partial charge in [0, 0.05) is 16.6 Å². The van der Waals surface area contributed by atoms with E-state index in [-0.39, 0.29) is 18.3 Å². The molecule has 1 heterocycles. The van der Waals surface area contributed by atoms with Gasteiger partial charge in [-0.1, -0.05) is 12.1 Å². The van der Waals surface area contributed by atoms with Crippen LogP contribution in [0.3, 0.4) is 0 Å². The standard InChI is InChI=1S/C20H19NO4/c1-3-24-20(23)14-5-7-16(8-6-14)21-19(22)11-15-12-25-18-10-13(2)4-9-17(15)18/h4-10,12H,3,11H2,1-2H3,(H,21,22). The van der Waals surface area contributed by atoms with Gasteiger partial charge in [0.1, 0.15) is 5.58 Å². The number of furan rings is 1. The molecular weight excluding hydrogens is 318 g/mol. The first-order valence-electron chi connectivity index (χ1n) is 8.10. The maximum Gasteiger partial charge on any atom is 0.338 e. The summed E-state index contributed by atoms with van der Waals surface area (Å²) in [4.78, 5) is 23.9. The molecule has 0 aliphatic heterocycles. The Kier molecular flexibility index (Phi) is 4.84. The second kappa shape index (κ2) is 7.21. The van der Waals surface area contributed by atoms with Crippen molar-refractivity contribution >= 4 is 28.5 Å². The Balaban J connectivity index is 1.66. The largest absolute Gasteiger partial charge is 0.464 e. The molecule has 25 heavy (non-hydrogen) atoms. The molecule has 0 saturated carbocycles. The molecule has 0 unspecified atom stereocenters. The molecule has 0 spiro atoms. The van der Waals surface area contributed by atoms with E-state index in [1.54, 1.807) is 37.5 Å². The maximum absolute atomic E-state index is 12.3. The molecule has 5 heteroatoms. The highest BCUT2D eigenvalue weighted by Gasteiger charge is 2.11. The second-order valence-corrected chi connectivity index (χ2v) is 5.78. The summed E-state index contributed by atoms with van der Waals surface area (Å²) in [5.41, 5.74) is 3.81. The predicted molar refractivity (Wildman–Crippen MR) is 95.7 cm³/mol. The third-order valence-corrected chi connectivity index (χ3v) is 3.84. The van der Waals surface area contributed by atoms with Gasteiger partial charge in [0.2, 0.25) is 5.91 Å². The molecule has 3 aromatic rings. The van der Waals surface area contributed by atoms with E-state index in [2.05, 4.69) is 5.32 Å². The minimum absolute atomic E-state index is 0.146. The SMILES string of the molecule is CCOC(=O)c1ccc(NC(=O)Cc2coc3cc(C)ccc23)cc1. The van der Waals surface area contributed by atoms with Crippen LogP contribution in [0.2, 0.25) is 0 Å². The first-order chi connectivity index (χ1) is 12.1. The summed E-state index contributed by atoms with van der Waals surface area (Å²) in [6.45, 7) is 4.08. The topological polar surface area (TPSA) is 68.5 Å². The van der Waals surface area contributed by atoms with E-state index < -0.39 is 0 Å². The number of amides is 1. The number of fused-ring (bicyclic) bond motifs is 1. The van der Waals surface area contributed by atoms with Gasteiger partial charge < -0.3 is 14.5 Å². The first-order valence-corrected chi connectivity index (χ1v) is 8.10. The van der Waals surface area contributed by atoms with Crippen LogP contribution in [0.25, 0.3) is 11.0 Å². The summed E-state index contributed by atoms with van der Waals surface area (Å²) in [6.07, 6.45) is 1.84. The molecular formula is C20H19NO4. The van der Waals surface area contributed by atoms with Crippen molar-refractivity contribution < 1.29 is 18.7 Å². The number of hydrogen-bond acceptors (Lipinski definition) is 4. The van der Waals surface area contributed by atoms with Gasteiger partial charge in [-0.25, -0.2) is 4.79 Å². The maximum atomic E-state index is 12.3. The lowest BCUT2D eigenvalue weighted by Gasteiger charge is -2.06. The summed E-state index contributed by atoms with van der Waals surface area (Å²) in [6, 6.07) is 12.5. The van der Waals surface area contributed by atoms with Crippen LogP contribution in [0.5, 0.6) is 0 Å². The van der Waals surface area contributed by atoms with Gasteiger partial charge in [-0.3, -0.25) is 4.79 Å². The van der Waals surface area contributed by atoms with Crippen LogP contribution in [0.15, 0.2) is 53.1 Å². The van der Waals surface area contributed by atoms with Crippen molar-refractivity contribution in [3.8, 4) is 0 Å². The van der Waals surface area contributed by atoms with Crippen LogP contribution in [-0.4, -0.2) is 18.5 Å². The minimum atomic E-state index is -0.375. The summed E-state index contributed by atoms with van der Waals surface area (Å²) in [5, 5.41) is 3.76. The number of anilines is 1. The molecule has 0 aliphatic rings. The zero-order chi connectivity index (χ0) is 17.8. The third-order valence-electron chi connectivity index (χ3n) is 3.84. The zero-order valence-electron chi connectivity index (χ0n) is 14.2. The molecule has 0 atom stereocenters. The van der Waals surface area contributed by atoms with Crippen LogP contribution >= 0.6 is 0 Å². The molecule has 3 rings (SSSR count). The van der Waals surface area contributed by atoms with Gasteiger partial charge in [0.15, 0.2) is 0 Å². The molecule has 1 N–H and O–H groups in total. The number of rotatable bonds is 5. The number of carbonyl (C=O) groups excluding carboxylic acids is 2. The fraction of sp³-hybridized carbons (Fsp3) is 0.200. The van der Waals surface area contributed by atoms with E-state index in [1.165, 1.54) is 0 Å². The second-order valence-electron chi connectivity index (χ2n) is 5.78. The van der Waals surface area contributed by atoms with Crippen molar-refractivity contribution in [3.05, 3.63) is 65.4 Å². The summed E-state index contributed by atoms with van der Waals surface area (Å²) >= 11 is 0. The van der Waals surface area contributed by atoms with Gasteiger partial charge in [0.25, 0.3) is 0 Å². The van der Waals surface area contributed by atoms with Crippen molar-refractivity contribution in [3.63, 3.8) is 0 Å². The highest BCUT2D eigenvalue weighted by molar-refractivity contribution is 5.96. The summed E-state index contributed by atoms with van der Waals surface area (Å²) in [5.74, 6) is -0.521. The number of benzene rings is 2. The lowest BCUT2D eigenvalue weighted by atomic mass is 10.1. The van der Waals surface area contributed by atoms with Crippen LogP contribution in [0.4, 0.5) is 5.69 Å². The fourth-order valence-electron chi connectivity index (χ4n) is 2.61. The molecule has 5 nitrogen and oxygen atoms in total. The fourth-order valence-corrected chi connectivity index (χ4v) is 2.61. The zero-order valence-corrected chi connectivity index (χ0v) is 14.2. The molecule has 2 aromatic carbocycles. The van der Waals surface area contributed by atoms with Gasteiger partial charge in [0.05, 0.1) is 24.9 Å². The number of hydrogen-bond donors (Lipinski definition) is 1. The number of esters is 1. The molecule has 0 aliphatic carbocycles. The Bertz CT molecular complexity index is 909. The molecule has 1 amide bonds. The highest BCUT2D eigenvalue weighted by atomic mass is 16.5. The Morgan fingerprint density at radius 1 is 1.12 bits per heavy atom. The smallest absolute Gasteiger partial charge is 0.338 e. The molecule has 0 saturated heterocycles. The summed E-state index contributed by atoms with van der Waals surface area (Å²) in [7, 11) is 0. The summed E-state index contributed by atoms with van der Waals surface area (Å²) < 4.78 is 10.4. The quantitative estimate of drug-likeness (QED) is 0.712. The lowest BCUT2D eigenvalue weighted by Crippen LogP contribution is -2.14. The van der Waals surface area contributed by atoms with E-state index in [1.807, 2.05) is 25.1 Å². The van der Waals surface area contributed by atoms with Gasteiger partial charge in [-0.05, 0) is 49.7 Å². The monoisotopic (exact) mass is 337 g/mol. The number of nitrogens with one attached hydrogen (secondary N) is 1. The normalized spacial score (nSPS) is 10.6. The van der Waals surface area contributed by atoms with E-state index >= 15 is 0 Å². The van der Waals surface area contributed by atoms with Crippen LogP contribution in [0.1, 0.15) is 28.4 Å². The predicted octanol–water partition coefficient (Wildman–Crippen LogP) is 4.10. The first kappa shape index (κ1) is 16.8. The third kappa shape index (κ3) is 3.88. The number of carbonyl (C=O) groups is 2. The van der Waals surface area contributed by atoms with E-state index in [0.717, 1.165) is 22.1 Å². The molecule has 0 bridgehead atoms. The average Bonchev–Trinajstić information content (AvgIpc) is 2.97. The molecule has 1 aromatic heterocycles. The Morgan fingerprint density at radius 2 is 1.88 bits per heavy atom. The van der Waals surface area contributed by atoms with E-state index in [9.17, 15) is 9.59 Å². The van der Waals surface area contributed by atoms with Crippen LogP contribution < -0.4 is 5.32 Å². The number of aryl methyl sites for hydroxylation is 1. The molecule has 128 valence electrons. The minimum Gasteiger partial charge on any atom is -0.464 e. The van der Waals surface area contributed by atoms with Crippen molar-refractivity contribution in [2.75, 3.05) is 11.9 Å². The van der Waals surface area contributed by atoms with Crippen LogP contribution in [0, 0.1) is 6.92 Å². The van der Waals surface area contributed by atoms with Gasteiger partial charge in [-0.2, -0.15) is 0 Å². The Morgan fingerprint density at radius 3 is 2.60 bits per heavy atom. The van der Waals surface area contributed by atoms with Gasteiger partial charge >= 0.3 is 5.97 Å². The highest BCUT2D eigenvalue weighted by Crippen LogP contribution is 2.23. The molecule has 0 radical (unpaired) electrons.